The molecule has 0 aliphatic carbocycles. The summed E-state index contributed by atoms with van der Waals surface area (Å²) in [4.78, 5) is 31.2. The van der Waals surface area contributed by atoms with Gasteiger partial charge < -0.3 is 0 Å². The van der Waals surface area contributed by atoms with Crippen molar-refractivity contribution >= 4 is 51.4 Å². The first-order valence-corrected chi connectivity index (χ1v) is 11.1. The molecule has 0 spiro atoms. The molecular weight excluding hydrogens is 424 g/mol. The average molecular weight is 441 g/mol. The molecule has 146 valence electrons. The van der Waals surface area contributed by atoms with Gasteiger partial charge >= 0.3 is 0 Å². The van der Waals surface area contributed by atoms with E-state index in [-0.39, 0.29) is 17.1 Å². The maximum atomic E-state index is 13.3. The van der Waals surface area contributed by atoms with E-state index in [4.69, 9.17) is 16.6 Å². The van der Waals surface area contributed by atoms with Gasteiger partial charge in [-0.05, 0) is 55.3 Å². The van der Waals surface area contributed by atoms with Crippen LogP contribution in [-0.2, 0) is 0 Å². The molecule has 0 N–H and O–H groups in total. The minimum absolute atomic E-state index is 0.0400. The first-order valence-electron chi connectivity index (χ1n) is 8.95. The molecule has 0 amide bonds. The number of carbonyl (C=O) groups excluding carboxylic acids is 1. The fraction of sp³-hybridized carbons (Fsp3) is 0.136. The first kappa shape index (κ1) is 19.9. The SMILES string of the molecule is Cc1cccc(-n2c(SCC(=O)c3ccc(Cl)s3)nc3ccccc3c2=O)c1C. The molecule has 29 heavy (non-hydrogen) atoms. The molecule has 0 radical (unpaired) electrons. The Morgan fingerprint density at radius 2 is 1.90 bits per heavy atom. The molecule has 4 nitrogen and oxygen atoms in total. The Kier molecular flexibility index (Phi) is 5.58. The summed E-state index contributed by atoms with van der Waals surface area (Å²) in [5.74, 6) is 0.133. The monoisotopic (exact) mass is 440 g/mol. The van der Waals surface area contributed by atoms with Gasteiger partial charge in [-0.1, -0.05) is 47.6 Å². The van der Waals surface area contributed by atoms with Crippen LogP contribution in [0.4, 0.5) is 0 Å². The van der Waals surface area contributed by atoms with Gasteiger partial charge in [-0.2, -0.15) is 0 Å². The van der Waals surface area contributed by atoms with Gasteiger partial charge in [0.15, 0.2) is 10.9 Å². The molecule has 2 heterocycles. The maximum absolute atomic E-state index is 13.3. The standard InChI is InChI=1S/C22H17ClN2O2S2/c1-13-6-5-9-17(14(13)2)25-21(27)15-7-3-4-8-16(15)24-22(25)28-12-18(26)19-10-11-20(23)29-19/h3-11H,12H2,1-2H3. The number of Topliss-reactive ketones (excluding diaryl/α,β-unsaturated/α-hetero) is 1. The zero-order valence-electron chi connectivity index (χ0n) is 15.8. The van der Waals surface area contributed by atoms with Crippen molar-refractivity contribution in [3.63, 3.8) is 0 Å². The number of ketones is 1. The largest absolute Gasteiger partial charge is 0.292 e. The van der Waals surface area contributed by atoms with E-state index < -0.39 is 0 Å². The summed E-state index contributed by atoms with van der Waals surface area (Å²) in [5.41, 5.74) is 3.35. The number of fused-ring (bicyclic) bond motifs is 1. The number of hydrogen-bond acceptors (Lipinski definition) is 5. The number of carbonyl (C=O) groups is 1. The van der Waals surface area contributed by atoms with E-state index in [0.29, 0.717) is 25.3 Å². The van der Waals surface area contributed by atoms with Crippen molar-refractivity contribution in [2.75, 3.05) is 5.75 Å². The number of benzene rings is 2. The van der Waals surface area contributed by atoms with Gasteiger partial charge in [0.1, 0.15) is 0 Å². The number of nitrogens with zero attached hydrogens (tertiary/aromatic N) is 2. The van der Waals surface area contributed by atoms with E-state index in [1.807, 2.05) is 50.2 Å². The molecule has 7 heteroatoms. The van der Waals surface area contributed by atoms with Crippen LogP contribution >= 0.6 is 34.7 Å². The number of thiophene rings is 1. The predicted molar refractivity (Wildman–Crippen MR) is 121 cm³/mol. The molecule has 4 aromatic rings. The molecule has 0 aliphatic heterocycles. The van der Waals surface area contributed by atoms with Crippen molar-refractivity contribution in [1.82, 2.24) is 9.55 Å². The summed E-state index contributed by atoms with van der Waals surface area (Å²) < 4.78 is 2.19. The van der Waals surface area contributed by atoms with Gasteiger partial charge in [-0.25, -0.2) is 4.98 Å². The fourth-order valence-corrected chi connectivity index (χ4v) is 5.03. The van der Waals surface area contributed by atoms with Gasteiger partial charge in [0, 0.05) is 0 Å². The van der Waals surface area contributed by atoms with Crippen molar-refractivity contribution < 1.29 is 4.79 Å². The Bertz CT molecular complexity index is 1290. The Morgan fingerprint density at radius 3 is 2.66 bits per heavy atom. The van der Waals surface area contributed by atoms with Crippen LogP contribution in [0, 0.1) is 13.8 Å². The van der Waals surface area contributed by atoms with Gasteiger partial charge in [0.05, 0.1) is 31.6 Å². The molecule has 0 saturated carbocycles. The predicted octanol–water partition coefficient (Wildman–Crippen LogP) is 5.69. The second-order valence-electron chi connectivity index (χ2n) is 6.59. The van der Waals surface area contributed by atoms with E-state index in [9.17, 15) is 9.59 Å². The van der Waals surface area contributed by atoms with Crippen molar-refractivity contribution in [2.45, 2.75) is 19.0 Å². The first-order chi connectivity index (χ1) is 14.0. The van der Waals surface area contributed by atoms with E-state index in [1.165, 1.54) is 23.1 Å². The highest BCUT2D eigenvalue weighted by Gasteiger charge is 2.17. The molecule has 0 unspecified atom stereocenters. The molecule has 0 aliphatic rings. The van der Waals surface area contributed by atoms with E-state index in [0.717, 1.165) is 16.8 Å². The summed E-state index contributed by atoms with van der Waals surface area (Å²) in [6.07, 6.45) is 0. The number of para-hydroxylation sites is 1. The maximum Gasteiger partial charge on any atom is 0.266 e. The Balaban J connectivity index is 1.82. The highest BCUT2D eigenvalue weighted by molar-refractivity contribution is 7.99. The second kappa shape index (κ2) is 8.14. The number of hydrogen-bond donors (Lipinski definition) is 0. The zero-order chi connectivity index (χ0) is 20.5. The lowest BCUT2D eigenvalue weighted by Gasteiger charge is -2.16. The summed E-state index contributed by atoms with van der Waals surface area (Å²) in [7, 11) is 0. The smallest absolute Gasteiger partial charge is 0.266 e. The quantitative estimate of drug-likeness (QED) is 0.227. The number of aryl methyl sites for hydroxylation is 1. The van der Waals surface area contributed by atoms with Crippen LogP contribution in [0.3, 0.4) is 0 Å². The summed E-state index contributed by atoms with van der Waals surface area (Å²) in [6, 6.07) is 16.5. The molecule has 0 atom stereocenters. The molecule has 2 aromatic heterocycles. The van der Waals surface area contributed by atoms with E-state index in [1.54, 1.807) is 22.8 Å². The van der Waals surface area contributed by atoms with Gasteiger partial charge in [-0.15, -0.1) is 11.3 Å². The van der Waals surface area contributed by atoms with Crippen LogP contribution in [0.15, 0.2) is 64.5 Å². The van der Waals surface area contributed by atoms with E-state index in [2.05, 4.69) is 0 Å². The molecular formula is C22H17ClN2O2S2. The zero-order valence-corrected chi connectivity index (χ0v) is 18.2. The fourth-order valence-electron chi connectivity index (χ4n) is 3.06. The van der Waals surface area contributed by atoms with Gasteiger partial charge in [0.25, 0.3) is 5.56 Å². The van der Waals surface area contributed by atoms with Crippen LogP contribution in [0.25, 0.3) is 16.6 Å². The van der Waals surface area contributed by atoms with Crippen LogP contribution in [0.5, 0.6) is 0 Å². The summed E-state index contributed by atoms with van der Waals surface area (Å²) >= 11 is 8.47. The van der Waals surface area contributed by atoms with Crippen molar-refractivity contribution in [1.29, 1.82) is 0 Å². The van der Waals surface area contributed by atoms with Gasteiger partial charge in [0.2, 0.25) is 0 Å². The van der Waals surface area contributed by atoms with Crippen LogP contribution in [-0.4, -0.2) is 21.1 Å². The van der Waals surface area contributed by atoms with Crippen molar-refractivity contribution in [3.05, 3.63) is 85.3 Å². The Hall–Kier alpha value is -2.41. The lowest BCUT2D eigenvalue weighted by atomic mass is 10.1. The van der Waals surface area contributed by atoms with Crippen LogP contribution < -0.4 is 5.56 Å². The molecule has 0 fully saturated rings. The lowest BCUT2D eigenvalue weighted by Crippen LogP contribution is -2.23. The normalized spacial score (nSPS) is 11.1. The lowest BCUT2D eigenvalue weighted by molar-refractivity contribution is 0.102. The third kappa shape index (κ3) is 3.88. The Labute approximate surface area is 181 Å². The second-order valence-corrected chi connectivity index (χ2v) is 9.24. The minimum Gasteiger partial charge on any atom is -0.292 e. The molecule has 0 bridgehead atoms. The molecule has 4 rings (SSSR count). The number of halogens is 1. The Morgan fingerprint density at radius 1 is 1.10 bits per heavy atom. The van der Waals surface area contributed by atoms with Crippen molar-refractivity contribution in [3.8, 4) is 5.69 Å². The summed E-state index contributed by atoms with van der Waals surface area (Å²) in [5, 5.41) is 1.05. The van der Waals surface area contributed by atoms with Crippen LogP contribution in [0.2, 0.25) is 4.34 Å². The average Bonchev–Trinajstić information content (AvgIpc) is 3.15. The highest BCUT2D eigenvalue weighted by atomic mass is 35.5. The van der Waals surface area contributed by atoms with Crippen molar-refractivity contribution in [2.24, 2.45) is 0 Å². The molecule has 0 saturated heterocycles. The topological polar surface area (TPSA) is 52.0 Å². The van der Waals surface area contributed by atoms with Gasteiger partial charge in [-0.3, -0.25) is 14.2 Å². The number of aromatic nitrogens is 2. The van der Waals surface area contributed by atoms with Crippen LogP contribution in [0.1, 0.15) is 20.8 Å². The van der Waals surface area contributed by atoms with E-state index >= 15 is 0 Å². The summed E-state index contributed by atoms with van der Waals surface area (Å²) in [6.45, 7) is 3.99. The highest BCUT2D eigenvalue weighted by Crippen LogP contribution is 2.27. The third-order valence-corrected chi connectivity index (χ3v) is 6.95. The molecule has 2 aromatic carbocycles. The number of rotatable bonds is 5. The minimum atomic E-state index is -0.140. The number of thioether (sulfide) groups is 1. The third-order valence-electron chi connectivity index (χ3n) is 4.74.